The van der Waals surface area contributed by atoms with Gasteiger partial charge in [0, 0.05) is 0 Å². The molecule has 74 valence electrons. The molecule has 0 aliphatic heterocycles. The van der Waals surface area contributed by atoms with Gasteiger partial charge in [0.05, 0.1) is 5.69 Å². The van der Waals surface area contributed by atoms with E-state index < -0.39 is 0 Å². The molecule has 0 spiro atoms. The molecule has 1 rings (SSSR count). The third-order valence-corrected chi connectivity index (χ3v) is 1.98. The number of aryl methyl sites for hydroxylation is 1. The Balaban J connectivity index is 2.74. The lowest BCUT2D eigenvalue weighted by Crippen LogP contribution is -1.94. The molecule has 1 aromatic rings. The van der Waals surface area contributed by atoms with E-state index in [0.717, 1.165) is 30.7 Å². The van der Waals surface area contributed by atoms with E-state index >= 15 is 0 Å². The highest BCUT2D eigenvalue weighted by Gasteiger charge is 2.11. The molecule has 0 aliphatic rings. The maximum Gasteiger partial charge on any atom is 0.159 e. The standard InChI is InChI=1S/C10H18N2O/c1-4-5-8-10(13)9(12-11-8)6-7(2)3/h7,13H,4-6H2,1-3H3,(H,11,12). The first-order chi connectivity index (χ1) is 6.15. The molecule has 0 saturated carbocycles. The topological polar surface area (TPSA) is 48.9 Å². The van der Waals surface area contributed by atoms with Crippen molar-refractivity contribution >= 4 is 0 Å². The van der Waals surface area contributed by atoms with E-state index in [1.165, 1.54) is 0 Å². The minimum absolute atomic E-state index is 0.371. The van der Waals surface area contributed by atoms with Crippen molar-refractivity contribution in [3.63, 3.8) is 0 Å². The van der Waals surface area contributed by atoms with Gasteiger partial charge in [-0.15, -0.1) is 0 Å². The second-order valence-electron chi connectivity index (χ2n) is 3.85. The quantitative estimate of drug-likeness (QED) is 0.750. The normalized spacial score (nSPS) is 11.1. The summed E-state index contributed by atoms with van der Waals surface area (Å²) in [6.45, 7) is 6.33. The zero-order valence-corrected chi connectivity index (χ0v) is 8.59. The van der Waals surface area contributed by atoms with E-state index in [1.807, 2.05) is 0 Å². The molecule has 0 atom stereocenters. The molecule has 0 aliphatic carbocycles. The summed E-state index contributed by atoms with van der Waals surface area (Å²) in [4.78, 5) is 0. The van der Waals surface area contributed by atoms with Gasteiger partial charge in [0.2, 0.25) is 0 Å². The fourth-order valence-electron chi connectivity index (χ4n) is 1.38. The van der Waals surface area contributed by atoms with E-state index in [-0.39, 0.29) is 0 Å². The lowest BCUT2D eigenvalue weighted by molar-refractivity contribution is 0.455. The minimum atomic E-state index is 0.371. The van der Waals surface area contributed by atoms with Gasteiger partial charge in [0.25, 0.3) is 0 Å². The molecule has 0 fully saturated rings. The van der Waals surface area contributed by atoms with Gasteiger partial charge >= 0.3 is 0 Å². The molecule has 2 N–H and O–H groups in total. The molecular formula is C10H18N2O. The van der Waals surface area contributed by atoms with E-state index in [4.69, 9.17) is 0 Å². The average molecular weight is 182 g/mol. The van der Waals surface area contributed by atoms with Crippen LogP contribution in [0.2, 0.25) is 0 Å². The van der Waals surface area contributed by atoms with Crippen molar-refractivity contribution in [2.45, 2.75) is 40.0 Å². The zero-order valence-electron chi connectivity index (χ0n) is 8.59. The number of aromatic hydroxyl groups is 1. The van der Waals surface area contributed by atoms with Crippen LogP contribution in [0, 0.1) is 5.92 Å². The fourth-order valence-corrected chi connectivity index (χ4v) is 1.38. The Kier molecular flexibility index (Phi) is 3.34. The predicted molar refractivity (Wildman–Crippen MR) is 52.8 cm³/mol. The number of aromatic amines is 1. The van der Waals surface area contributed by atoms with E-state index in [0.29, 0.717) is 11.7 Å². The van der Waals surface area contributed by atoms with Crippen LogP contribution in [0.15, 0.2) is 0 Å². The summed E-state index contributed by atoms with van der Waals surface area (Å²) in [5.41, 5.74) is 1.68. The monoisotopic (exact) mass is 182 g/mol. The van der Waals surface area contributed by atoms with Crippen LogP contribution in [0.3, 0.4) is 0 Å². The molecule has 0 bridgehead atoms. The van der Waals surface area contributed by atoms with Crippen LogP contribution >= 0.6 is 0 Å². The van der Waals surface area contributed by atoms with Crippen molar-refractivity contribution in [3.8, 4) is 5.75 Å². The summed E-state index contributed by atoms with van der Waals surface area (Å²) in [7, 11) is 0. The van der Waals surface area contributed by atoms with Crippen molar-refractivity contribution < 1.29 is 5.11 Å². The maximum atomic E-state index is 9.72. The number of hydrogen-bond acceptors (Lipinski definition) is 2. The van der Waals surface area contributed by atoms with Crippen LogP contribution in [-0.4, -0.2) is 15.3 Å². The summed E-state index contributed by atoms with van der Waals surface area (Å²) in [6, 6.07) is 0. The minimum Gasteiger partial charge on any atom is -0.504 e. The van der Waals surface area contributed by atoms with Gasteiger partial charge in [0.15, 0.2) is 5.75 Å². The highest BCUT2D eigenvalue weighted by molar-refractivity contribution is 5.31. The number of H-pyrrole nitrogens is 1. The number of hydrogen-bond donors (Lipinski definition) is 2. The number of aromatic nitrogens is 2. The Bertz CT molecular complexity index is 266. The summed E-state index contributed by atoms with van der Waals surface area (Å²) in [5, 5.41) is 16.7. The molecule has 0 unspecified atom stereocenters. The third kappa shape index (κ3) is 2.47. The molecule has 3 heteroatoms. The van der Waals surface area contributed by atoms with Crippen LogP contribution in [-0.2, 0) is 12.8 Å². The Hall–Kier alpha value is -0.990. The van der Waals surface area contributed by atoms with Crippen LogP contribution < -0.4 is 0 Å². The Labute approximate surface area is 79.2 Å². The SMILES string of the molecule is CCCc1n[nH]c(CC(C)C)c1O. The van der Waals surface area contributed by atoms with Gasteiger partial charge in [-0.25, -0.2) is 0 Å². The van der Waals surface area contributed by atoms with Crippen molar-refractivity contribution in [3.05, 3.63) is 11.4 Å². The highest BCUT2D eigenvalue weighted by Crippen LogP contribution is 2.22. The summed E-state index contributed by atoms with van der Waals surface area (Å²) < 4.78 is 0. The molecule has 0 amide bonds. The van der Waals surface area contributed by atoms with Crippen molar-refractivity contribution in [1.82, 2.24) is 10.2 Å². The van der Waals surface area contributed by atoms with E-state index in [2.05, 4.69) is 31.0 Å². The van der Waals surface area contributed by atoms with Gasteiger partial charge < -0.3 is 5.11 Å². The van der Waals surface area contributed by atoms with Gasteiger partial charge in [-0.1, -0.05) is 27.2 Å². The molecule has 1 heterocycles. The third-order valence-electron chi connectivity index (χ3n) is 1.98. The van der Waals surface area contributed by atoms with Gasteiger partial charge in [-0.2, -0.15) is 5.10 Å². The van der Waals surface area contributed by atoms with Crippen LogP contribution in [0.25, 0.3) is 0 Å². The summed E-state index contributed by atoms with van der Waals surface area (Å²) in [5.74, 6) is 0.913. The van der Waals surface area contributed by atoms with Crippen molar-refractivity contribution in [1.29, 1.82) is 0 Å². The largest absolute Gasteiger partial charge is 0.504 e. The molecule has 13 heavy (non-hydrogen) atoms. The van der Waals surface area contributed by atoms with Crippen molar-refractivity contribution in [2.24, 2.45) is 5.92 Å². The first-order valence-corrected chi connectivity index (χ1v) is 4.90. The Morgan fingerprint density at radius 3 is 2.69 bits per heavy atom. The molecule has 0 saturated heterocycles. The first-order valence-electron chi connectivity index (χ1n) is 4.90. The Morgan fingerprint density at radius 1 is 1.46 bits per heavy atom. The van der Waals surface area contributed by atoms with Gasteiger partial charge in [-0.3, -0.25) is 5.10 Å². The van der Waals surface area contributed by atoms with Crippen molar-refractivity contribution in [2.75, 3.05) is 0 Å². The van der Waals surface area contributed by atoms with Crippen LogP contribution in [0.4, 0.5) is 0 Å². The lowest BCUT2D eigenvalue weighted by atomic mass is 10.1. The zero-order chi connectivity index (χ0) is 9.84. The number of rotatable bonds is 4. The molecular weight excluding hydrogens is 164 g/mol. The molecule has 1 aromatic heterocycles. The van der Waals surface area contributed by atoms with Gasteiger partial charge in [-0.05, 0) is 18.8 Å². The van der Waals surface area contributed by atoms with E-state index in [9.17, 15) is 5.11 Å². The van der Waals surface area contributed by atoms with E-state index in [1.54, 1.807) is 0 Å². The average Bonchev–Trinajstić information content (AvgIpc) is 2.36. The van der Waals surface area contributed by atoms with Crippen LogP contribution in [0.1, 0.15) is 38.6 Å². The highest BCUT2D eigenvalue weighted by atomic mass is 16.3. The second-order valence-corrected chi connectivity index (χ2v) is 3.85. The lowest BCUT2D eigenvalue weighted by Gasteiger charge is -2.01. The first kappa shape index (κ1) is 10.1. The molecule has 3 nitrogen and oxygen atoms in total. The summed E-state index contributed by atoms with van der Waals surface area (Å²) >= 11 is 0. The number of nitrogens with one attached hydrogen (secondary N) is 1. The maximum absolute atomic E-state index is 9.72. The summed E-state index contributed by atoms with van der Waals surface area (Å²) in [6.07, 6.45) is 2.72. The fraction of sp³-hybridized carbons (Fsp3) is 0.700. The smallest absolute Gasteiger partial charge is 0.159 e. The Morgan fingerprint density at radius 2 is 2.15 bits per heavy atom. The second kappa shape index (κ2) is 4.30. The molecule has 0 aromatic carbocycles. The predicted octanol–water partition coefficient (Wildman–Crippen LogP) is 2.27. The number of nitrogens with zero attached hydrogens (tertiary/aromatic N) is 1. The van der Waals surface area contributed by atoms with Crippen LogP contribution in [0.5, 0.6) is 5.75 Å². The molecule has 0 radical (unpaired) electrons. The van der Waals surface area contributed by atoms with Gasteiger partial charge in [0.1, 0.15) is 5.69 Å².